The Hall–Kier alpha value is -1.50. The molecule has 1 heterocycles. The molecule has 110 valence electrons. The second-order valence-electron chi connectivity index (χ2n) is 5.41. The van der Waals surface area contributed by atoms with E-state index in [-0.39, 0.29) is 24.4 Å². The third-order valence-electron chi connectivity index (χ3n) is 3.59. The highest BCUT2D eigenvalue weighted by atomic mass is 32.1. The molecule has 1 N–H and O–H groups in total. The molecule has 0 unspecified atom stereocenters. The summed E-state index contributed by atoms with van der Waals surface area (Å²) in [5, 5.41) is 13.0. The summed E-state index contributed by atoms with van der Waals surface area (Å²) >= 11 is 1.05. The fourth-order valence-electron chi connectivity index (χ4n) is 2.58. The molecule has 0 spiro atoms. The zero-order valence-corrected chi connectivity index (χ0v) is 12.5. The van der Waals surface area contributed by atoms with E-state index >= 15 is 0 Å². The van der Waals surface area contributed by atoms with Crippen LogP contribution < -0.4 is 0 Å². The molecule has 6 nitrogen and oxygen atoms in total. The van der Waals surface area contributed by atoms with Gasteiger partial charge in [-0.2, -0.15) is 0 Å². The van der Waals surface area contributed by atoms with Crippen molar-refractivity contribution in [3.63, 3.8) is 0 Å². The minimum atomic E-state index is -0.978. The van der Waals surface area contributed by atoms with Crippen molar-refractivity contribution < 1.29 is 14.7 Å². The number of carbonyl (C=O) groups excluding carboxylic acids is 1. The van der Waals surface area contributed by atoms with Crippen molar-refractivity contribution in [2.45, 2.75) is 51.5 Å². The topological polar surface area (TPSA) is 83.4 Å². The van der Waals surface area contributed by atoms with Crippen molar-refractivity contribution in [3.05, 3.63) is 10.6 Å². The Labute approximate surface area is 122 Å². The Bertz CT molecular complexity index is 495. The molecule has 1 aliphatic carbocycles. The lowest BCUT2D eigenvalue weighted by atomic mass is 10.1. The minimum Gasteiger partial charge on any atom is -0.480 e. The van der Waals surface area contributed by atoms with Crippen molar-refractivity contribution in [1.82, 2.24) is 14.5 Å². The number of aliphatic carboxylic acids is 1. The second-order valence-corrected chi connectivity index (χ2v) is 6.16. The second kappa shape index (κ2) is 6.30. The molecule has 1 aliphatic rings. The quantitative estimate of drug-likeness (QED) is 0.900. The molecule has 0 bridgehead atoms. The molecule has 0 radical (unpaired) electrons. The summed E-state index contributed by atoms with van der Waals surface area (Å²) in [7, 11) is 0. The van der Waals surface area contributed by atoms with E-state index in [0.29, 0.717) is 10.6 Å². The molecule has 1 amide bonds. The molecule has 1 saturated carbocycles. The van der Waals surface area contributed by atoms with E-state index in [1.54, 1.807) is 0 Å². The Morgan fingerprint density at radius 1 is 1.40 bits per heavy atom. The molecule has 20 heavy (non-hydrogen) atoms. The summed E-state index contributed by atoms with van der Waals surface area (Å²) in [6.07, 6.45) is 3.85. The molecule has 1 fully saturated rings. The van der Waals surface area contributed by atoms with Gasteiger partial charge in [-0.05, 0) is 30.3 Å². The van der Waals surface area contributed by atoms with Crippen LogP contribution in [0.25, 0.3) is 0 Å². The van der Waals surface area contributed by atoms with E-state index in [1.165, 1.54) is 4.90 Å². The first-order chi connectivity index (χ1) is 9.50. The van der Waals surface area contributed by atoms with Gasteiger partial charge in [-0.15, -0.1) is 5.10 Å². The van der Waals surface area contributed by atoms with Gasteiger partial charge >= 0.3 is 5.97 Å². The highest BCUT2D eigenvalue weighted by molar-refractivity contribution is 7.08. The number of hydrogen-bond donors (Lipinski definition) is 1. The third-order valence-corrected chi connectivity index (χ3v) is 4.32. The summed E-state index contributed by atoms with van der Waals surface area (Å²) in [5.41, 5.74) is 0.661. The predicted molar refractivity (Wildman–Crippen MR) is 74.9 cm³/mol. The normalized spacial score (nSPS) is 15.8. The van der Waals surface area contributed by atoms with Crippen LogP contribution in [0.2, 0.25) is 0 Å². The lowest BCUT2D eigenvalue weighted by Gasteiger charge is -2.27. The molecule has 2 rings (SSSR count). The lowest BCUT2D eigenvalue weighted by Crippen LogP contribution is -2.42. The van der Waals surface area contributed by atoms with Crippen LogP contribution >= 0.6 is 11.5 Å². The van der Waals surface area contributed by atoms with Gasteiger partial charge in [0.05, 0.1) is 5.69 Å². The van der Waals surface area contributed by atoms with Crippen molar-refractivity contribution in [3.8, 4) is 0 Å². The molecule has 1 aromatic rings. The maximum atomic E-state index is 12.6. The smallest absolute Gasteiger partial charge is 0.323 e. The van der Waals surface area contributed by atoms with Gasteiger partial charge in [0.25, 0.3) is 5.91 Å². The van der Waals surface area contributed by atoms with Crippen molar-refractivity contribution >= 4 is 23.4 Å². The van der Waals surface area contributed by atoms with Gasteiger partial charge in [0.1, 0.15) is 11.4 Å². The van der Waals surface area contributed by atoms with Crippen molar-refractivity contribution in [2.75, 3.05) is 6.54 Å². The molecule has 7 heteroatoms. The molecule has 0 saturated heterocycles. The van der Waals surface area contributed by atoms with E-state index in [1.807, 2.05) is 13.8 Å². The molecule has 1 aromatic heterocycles. The number of carboxylic acids is 1. The van der Waals surface area contributed by atoms with Gasteiger partial charge < -0.3 is 10.0 Å². The third kappa shape index (κ3) is 3.15. The van der Waals surface area contributed by atoms with Crippen LogP contribution in [0.5, 0.6) is 0 Å². The van der Waals surface area contributed by atoms with E-state index in [0.717, 1.165) is 37.2 Å². The molecule has 0 aromatic carbocycles. The predicted octanol–water partition coefficient (Wildman–Crippen LogP) is 2.13. The van der Waals surface area contributed by atoms with Crippen LogP contribution in [0.4, 0.5) is 0 Å². The maximum absolute atomic E-state index is 12.6. The summed E-state index contributed by atoms with van der Waals surface area (Å²) in [6, 6.07) is 0.0284. The number of carboxylic acid groups (broad SMARTS) is 1. The van der Waals surface area contributed by atoms with Gasteiger partial charge in [-0.25, -0.2) is 0 Å². The summed E-state index contributed by atoms with van der Waals surface area (Å²) in [5.74, 6) is -1.12. The largest absolute Gasteiger partial charge is 0.480 e. The average Bonchev–Trinajstić information content (AvgIpc) is 3.05. The number of nitrogens with zero attached hydrogens (tertiary/aromatic N) is 3. The number of carbonyl (C=O) groups is 2. The summed E-state index contributed by atoms with van der Waals surface area (Å²) in [6.45, 7) is 3.65. The van der Waals surface area contributed by atoms with Crippen LogP contribution in [0, 0.1) is 0 Å². The van der Waals surface area contributed by atoms with E-state index in [4.69, 9.17) is 5.11 Å². The Morgan fingerprint density at radius 3 is 2.60 bits per heavy atom. The monoisotopic (exact) mass is 297 g/mol. The standard InChI is InChI=1S/C13H19N3O3S/c1-8(2)11-12(20-15-14-11)13(19)16(7-10(17)18)9-5-3-4-6-9/h8-9H,3-7H2,1-2H3,(H,17,18). The maximum Gasteiger partial charge on any atom is 0.323 e. The lowest BCUT2D eigenvalue weighted by molar-refractivity contribution is -0.138. The van der Waals surface area contributed by atoms with Gasteiger partial charge in [0.15, 0.2) is 0 Å². The number of rotatable bonds is 5. The summed E-state index contributed by atoms with van der Waals surface area (Å²) in [4.78, 5) is 25.6. The Balaban J connectivity index is 2.25. The first-order valence-electron chi connectivity index (χ1n) is 6.85. The van der Waals surface area contributed by atoms with Gasteiger partial charge in [0.2, 0.25) is 0 Å². The molecular weight excluding hydrogens is 278 g/mol. The van der Waals surface area contributed by atoms with E-state index in [9.17, 15) is 9.59 Å². The molecule has 0 atom stereocenters. The fourth-order valence-corrected chi connectivity index (χ4v) is 3.36. The highest BCUT2D eigenvalue weighted by Crippen LogP contribution is 2.27. The first kappa shape index (κ1) is 14.9. The van der Waals surface area contributed by atoms with Crippen molar-refractivity contribution in [1.29, 1.82) is 0 Å². The highest BCUT2D eigenvalue weighted by Gasteiger charge is 2.32. The first-order valence-corrected chi connectivity index (χ1v) is 7.63. The van der Waals surface area contributed by atoms with Crippen LogP contribution in [0.15, 0.2) is 0 Å². The van der Waals surface area contributed by atoms with E-state index < -0.39 is 5.97 Å². The van der Waals surface area contributed by atoms with Crippen LogP contribution in [0.1, 0.15) is 60.8 Å². The molecule has 0 aliphatic heterocycles. The zero-order chi connectivity index (χ0) is 14.7. The van der Waals surface area contributed by atoms with E-state index in [2.05, 4.69) is 9.59 Å². The summed E-state index contributed by atoms with van der Waals surface area (Å²) < 4.78 is 3.85. The number of aromatic nitrogens is 2. The average molecular weight is 297 g/mol. The van der Waals surface area contributed by atoms with Crippen LogP contribution in [-0.4, -0.2) is 44.1 Å². The number of hydrogen-bond acceptors (Lipinski definition) is 5. The minimum absolute atomic E-state index is 0.0284. The Kier molecular flexibility index (Phi) is 4.69. The fraction of sp³-hybridized carbons (Fsp3) is 0.692. The van der Waals surface area contributed by atoms with Gasteiger partial charge in [-0.3, -0.25) is 9.59 Å². The Morgan fingerprint density at radius 2 is 2.05 bits per heavy atom. The van der Waals surface area contributed by atoms with Crippen LogP contribution in [0.3, 0.4) is 0 Å². The van der Waals surface area contributed by atoms with Gasteiger partial charge in [-0.1, -0.05) is 31.2 Å². The zero-order valence-electron chi connectivity index (χ0n) is 11.7. The van der Waals surface area contributed by atoms with Crippen molar-refractivity contribution in [2.24, 2.45) is 0 Å². The van der Waals surface area contributed by atoms with Crippen LogP contribution in [-0.2, 0) is 4.79 Å². The number of amides is 1. The SMILES string of the molecule is CC(C)c1nnsc1C(=O)N(CC(=O)O)C1CCCC1. The molecular formula is C13H19N3O3S. The van der Waals surface area contributed by atoms with Gasteiger partial charge in [0, 0.05) is 6.04 Å².